The van der Waals surface area contributed by atoms with E-state index in [-0.39, 0.29) is 0 Å². The molecule has 4 nitrogen and oxygen atoms in total. The lowest BCUT2D eigenvalue weighted by Crippen LogP contribution is -1.94. The van der Waals surface area contributed by atoms with E-state index >= 15 is 0 Å². The van der Waals surface area contributed by atoms with Gasteiger partial charge in [0.2, 0.25) is 6.41 Å². The maximum Gasteiger partial charge on any atom is 0.211 e. The van der Waals surface area contributed by atoms with Crippen LogP contribution in [0.5, 0.6) is 0 Å². The van der Waals surface area contributed by atoms with Crippen molar-refractivity contribution in [3.05, 3.63) is 24.3 Å². The zero-order chi connectivity index (χ0) is 12.1. The van der Waals surface area contributed by atoms with Crippen LogP contribution >= 0.6 is 0 Å². The number of nitrogens with one attached hydrogen (secondary N) is 2. The molecule has 0 aliphatic heterocycles. The van der Waals surface area contributed by atoms with Crippen molar-refractivity contribution in [1.29, 1.82) is 0 Å². The highest BCUT2D eigenvalue weighted by molar-refractivity contribution is 5.71. The highest BCUT2D eigenvalue weighted by atomic mass is 16.5. The molecule has 0 bridgehead atoms. The smallest absolute Gasteiger partial charge is 0.211 e. The molecule has 0 aromatic heterocycles. The van der Waals surface area contributed by atoms with E-state index in [2.05, 4.69) is 5.32 Å². The predicted molar refractivity (Wildman–Crippen MR) is 64.2 cm³/mol. The molecule has 4 heteroatoms. The molecule has 0 heterocycles. The Morgan fingerprint density at radius 1 is 1.00 bits per heavy atom. The summed E-state index contributed by atoms with van der Waals surface area (Å²) in [6.07, 6.45) is 0.599. The molecule has 1 rings (SSSR count). The lowest BCUT2D eigenvalue weighted by atomic mass is 10.3. The number of rotatable bonds is 3. The highest BCUT2D eigenvalue weighted by Gasteiger charge is 1.89. The molecule has 15 heavy (non-hydrogen) atoms. The Hall–Kier alpha value is -1.55. The molecule has 0 aliphatic carbocycles. The minimum absolute atomic E-state index is 0.585. The van der Waals surface area contributed by atoms with Crippen LogP contribution in [0.15, 0.2) is 24.3 Å². The lowest BCUT2D eigenvalue weighted by molar-refractivity contribution is -0.105. The molecule has 0 atom stereocenters. The molecule has 3 N–H and O–H groups in total. The first-order chi connectivity index (χ1) is 7.36. The number of hydrogen-bond donors (Lipinski definition) is 3. The van der Waals surface area contributed by atoms with Gasteiger partial charge >= 0.3 is 0 Å². The van der Waals surface area contributed by atoms with Crippen LogP contribution in [0, 0.1) is 0 Å². The van der Waals surface area contributed by atoms with Gasteiger partial charge in [-0.15, -0.1) is 0 Å². The van der Waals surface area contributed by atoms with E-state index in [1.54, 1.807) is 24.3 Å². The van der Waals surface area contributed by atoms with E-state index in [4.69, 9.17) is 5.21 Å². The van der Waals surface area contributed by atoms with Gasteiger partial charge in [0.25, 0.3) is 0 Å². The Morgan fingerprint density at radius 2 is 1.40 bits per heavy atom. The average molecular weight is 212 g/mol. The summed E-state index contributed by atoms with van der Waals surface area (Å²) in [5.74, 6) is 0. The SMILES string of the molecule is CC.CC.O=CNc1ccc(NO)cc1. The zero-order valence-corrected chi connectivity index (χ0v) is 9.74. The summed E-state index contributed by atoms with van der Waals surface area (Å²) in [6, 6.07) is 6.64. The summed E-state index contributed by atoms with van der Waals surface area (Å²) < 4.78 is 0. The zero-order valence-electron chi connectivity index (χ0n) is 9.74. The molecule has 0 radical (unpaired) electrons. The molecule has 1 aromatic carbocycles. The van der Waals surface area contributed by atoms with Crippen LogP contribution in [-0.2, 0) is 4.79 Å². The van der Waals surface area contributed by atoms with Crippen LogP contribution in [0.2, 0.25) is 0 Å². The summed E-state index contributed by atoms with van der Waals surface area (Å²) in [5, 5.41) is 10.9. The minimum atomic E-state index is 0.585. The van der Waals surface area contributed by atoms with Crippen molar-refractivity contribution in [3.63, 3.8) is 0 Å². The van der Waals surface area contributed by atoms with E-state index in [1.807, 2.05) is 33.2 Å². The molecule has 0 fully saturated rings. The van der Waals surface area contributed by atoms with E-state index in [0.717, 1.165) is 0 Å². The van der Waals surface area contributed by atoms with Crippen molar-refractivity contribution >= 4 is 17.8 Å². The molecule has 0 aliphatic rings. The Balaban J connectivity index is 0. The van der Waals surface area contributed by atoms with Crippen molar-refractivity contribution < 1.29 is 10.0 Å². The van der Waals surface area contributed by atoms with Crippen molar-refractivity contribution in [2.24, 2.45) is 0 Å². The summed E-state index contributed by atoms with van der Waals surface area (Å²) in [6.45, 7) is 8.00. The first-order valence-electron chi connectivity index (χ1n) is 5.07. The van der Waals surface area contributed by atoms with E-state index < -0.39 is 0 Å². The van der Waals surface area contributed by atoms with Gasteiger partial charge < -0.3 is 5.32 Å². The molecule has 0 saturated heterocycles. The molecule has 86 valence electrons. The van der Waals surface area contributed by atoms with Crippen molar-refractivity contribution in [2.75, 3.05) is 10.8 Å². The van der Waals surface area contributed by atoms with Crippen LogP contribution in [-0.4, -0.2) is 11.6 Å². The van der Waals surface area contributed by atoms with Gasteiger partial charge in [-0.05, 0) is 24.3 Å². The Morgan fingerprint density at radius 3 is 1.73 bits per heavy atom. The van der Waals surface area contributed by atoms with Crippen LogP contribution in [0.1, 0.15) is 27.7 Å². The van der Waals surface area contributed by atoms with E-state index in [1.165, 1.54) is 0 Å². The van der Waals surface area contributed by atoms with E-state index in [0.29, 0.717) is 17.8 Å². The van der Waals surface area contributed by atoms with Crippen LogP contribution in [0.3, 0.4) is 0 Å². The molecule has 0 unspecified atom stereocenters. The Kier molecular flexibility index (Phi) is 13.2. The third-order valence-electron chi connectivity index (χ3n) is 1.24. The first-order valence-corrected chi connectivity index (χ1v) is 5.07. The quantitative estimate of drug-likeness (QED) is 0.533. The topological polar surface area (TPSA) is 61.4 Å². The van der Waals surface area contributed by atoms with Crippen LogP contribution in [0.4, 0.5) is 11.4 Å². The maximum atomic E-state index is 9.95. The number of anilines is 2. The number of carbonyl (C=O) groups excluding carboxylic acids is 1. The standard InChI is InChI=1S/C7H8N2O2.2C2H6/c10-5-8-6-1-3-7(9-11)4-2-6;2*1-2/h1-5,9,11H,(H,8,10);2*1-2H3. The van der Waals surface area contributed by atoms with Gasteiger partial charge in [-0.25, -0.2) is 0 Å². The first kappa shape index (κ1) is 15.9. The second-order valence-corrected chi connectivity index (χ2v) is 1.95. The molecular weight excluding hydrogens is 192 g/mol. The Labute approximate surface area is 91.3 Å². The third kappa shape index (κ3) is 7.52. The van der Waals surface area contributed by atoms with Crippen molar-refractivity contribution in [2.45, 2.75) is 27.7 Å². The second-order valence-electron chi connectivity index (χ2n) is 1.95. The predicted octanol–water partition coefficient (Wildman–Crippen LogP) is 3.11. The number of amides is 1. The molecule has 0 spiro atoms. The summed E-state index contributed by atoms with van der Waals surface area (Å²) in [5.41, 5.74) is 3.26. The molecule has 0 saturated carbocycles. The summed E-state index contributed by atoms with van der Waals surface area (Å²) in [4.78, 5) is 9.95. The Bertz CT molecular complexity index is 235. The minimum Gasteiger partial charge on any atom is -0.329 e. The largest absolute Gasteiger partial charge is 0.329 e. The summed E-state index contributed by atoms with van der Waals surface area (Å²) in [7, 11) is 0. The van der Waals surface area contributed by atoms with Crippen molar-refractivity contribution in [3.8, 4) is 0 Å². The van der Waals surface area contributed by atoms with Crippen LogP contribution < -0.4 is 10.8 Å². The summed E-state index contributed by atoms with van der Waals surface area (Å²) >= 11 is 0. The fourth-order valence-corrected chi connectivity index (χ4v) is 0.709. The maximum absolute atomic E-state index is 9.95. The van der Waals surface area contributed by atoms with Gasteiger partial charge in [-0.2, -0.15) is 0 Å². The third-order valence-corrected chi connectivity index (χ3v) is 1.24. The van der Waals surface area contributed by atoms with Gasteiger partial charge in [0.15, 0.2) is 0 Å². The average Bonchev–Trinajstić information content (AvgIpc) is 2.36. The van der Waals surface area contributed by atoms with Gasteiger partial charge in [-0.3, -0.25) is 15.5 Å². The van der Waals surface area contributed by atoms with Gasteiger partial charge in [-0.1, -0.05) is 27.7 Å². The molecular formula is C11H20N2O2. The van der Waals surface area contributed by atoms with Crippen LogP contribution in [0.25, 0.3) is 0 Å². The van der Waals surface area contributed by atoms with Gasteiger partial charge in [0.05, 0.1) is 5.69 Å². The highest BCUT2D eigenvalue weighted by Crippen LogP contribution is 2.11. The van der Waals surface area contributed by atoms with Gasteiger partial charge in [0, 0.05) is 5.69 Å². The number of hydrogen-bond acceptors (Lipinski definition) is 3. The fraction of sp³-hybridized carbons (Fsp3) is 0.364. The van der Waals surface area contributed by atoms with Crippen molar-refractivity contribution in [1.82, 2.24) is 0 Å². The monoisotopic (exact) mass is 212 g/mol. The lowest BCUT2D eigenvalue weighted by Gasteiger charge is -1.99. The number of carbonyl (C=O) groups is 1. The van der Waals surface area contributed by atoms with E-state index in [9.17, 15) is 4.79 Å². The number of benzene rings is 1. The molecule has 1 amide bonds. The fourth-order valence-electron chi connectivity index (χ4n) is 0.709. The van der Waals surface area contributed by atoms with Gasteiger partial charge in [0.1, 0.15) is 0 Å². The normalized spacial score (nSPS) is 7.27. The molecule has 1 aromatic rings. The second kappa shape index (κ2) is 12.4.